The van der Waals surface area contributed by atoms with E-state index in [0.717, 1.165) is 6.42 Å². The number of hydrogen-bond acceptors (Lipinski definition) is 2. The Morgan fingerprint density at radius 2 is 1.95 bits per heavy atom. The number of rotatable bonds is 7. The Labute approximate surface area is 130 Å². The van der Waals surface area contributed by atoms with Crippen LogP contribution in [0.1, 0.15) is 5.56 Å². The topological polar surface area (TPSA) is 50.4 Å². The molecule has 2 aromatic rings. The molecular weight excluding hydrogens is 276 g/mol. The van der Waals surface area contributed by atoms with E-state index in [0.29, 0.717) is 24.6 Å². The number of anilines is 1. The average molecular weight is 296 g/mol. The molecule has 4 nitrogen and oxygen atoms in total. The summed E-state index contributed by atoms with van der Waals surface area (Å²) in [7, 11) is 0. The van der Waals surface area contributed by atoms with Gasteiger partial charge in [-0.25, -0.2) is 4.79 Å². The van der Waals surface area contributed by atoms with Gasteiger partial charge in [0.1, 0.15) is 12.4 Å². The van der Waals surface area contributed by atoms with E-state index in [1.54, 1.807) is 12.1 Å². The summed E-state index contributed by atoms with van der Waals surface area (Å²) in [5.74, 6) is 0.696. The summed E-state index contributed by atoms with van der Waals surface area (Å²) in [6.07, 6.45) is 2.48. The van der Waals surface area contributed by atoms with Crippen molar-refractivity contribution >= 4 is 11.7 Å². The maximum atomic E-state index is 11.8. The second-order valence-corrected chi connectivity index (χ2v) is 4.74. The van der Waals surface area contributed by atoms with Crippen LogP contribution in [0.5, 0.6) is 5.75 Å². The summed E-state index contributed by atoms with van der Waals surface area (Å²) in [4.78, 5) is 11.8. The van der Waals surface area contributed by atoms with Crippen molar-refractivity contribution in [1.29, 1.82) is 0 Å². The second kappa shape index (κ2) is 8.52. The van der Waals surface area contributed by atoms with Gasteiger partial charge in [-0.3, -0.25) is 0 Å². The van der Waals surface area contributed by atoms with Crippen molar-refractivity contribution in [3.05, 3.63) is 72.8 Å². The van der Waals surface area contributed by atoms with Crippen LogP contribution in [-0.4, -0.2) is 19.2 Å². The van der Waals surface area contributed by atoms with Crippen LogP contribution in [0.2, 0.25) is 0 Å². The van der Waals surface area contributed by atoms with Gasteiger partial charge < -0.3 is 15.4 Å². The maximum absolute atomic E-state index is 11.8. The Kier molecular flexibility index (Phi) is 6.05. The van der Waals surface area contributed by atoms with Crippen LogP contribution >= 0.6 is 0 Å². The smallest absolute Gasteiger partial charge is 0.319 e. The van der Waals surface area contributed by atoms with Gasteiger partial charge in [0.25, 0.3) is 0 Å². The fourth-order valence-electron chi connectivity index (χ4n) is 1.96. The van der Waals surface area contributed by atoms with Crippen LogP contribution in [0.15, 0.2) is 67.3 Å². The Morgan fingerprint density at radius 3 is 2.73 bits per heavy atom. The lowest BCUT2D eigenvalue weighted by molar-refractivity contribution is 0.252. The minimum atomic E-state index is -0.225. The molecule has 0 saturated carbocycles. The first-order valence-electron chi connectivity index (χ1n) is 7.20. The summed E-state index contributed by atoms with van der Waals surface area (Å²) in [5, 5.41) is 5.62. The largest absolute Gasteiger partial charge is 0.489 e. The van der Waals surface area contributed by atoms with Gasteiger partial charge in [-0.1, -0.05) is 49.1 Å². The molecule has 4 heteroatoms. The highest BCUT2D eigenvalue weighted by Crippen LogP contribution is 2.17. The van der Waals surface area contributed by atoms with Gasteiger partial charge in [0.15, 0.2) is 0 Å². The molecule has 2 N–H and O–H groups in total. The summed E-state index contributed by atoms with van der Waals surface area (Å²) in [5.41, 5.74) is 1.89. The number of hydrogen-bond donors (Lipinski definition) is 2. The standard InChI is InChI=1S/C18H20N2O2/c1-2-13-22-17-10-6-9-16(14-17)20-18(21)19-12-11-15-7-4-3-5-8-15/h2-10,14H,1,11-13H2,(H2,19,20,21). The molecule has 0 radical (unpaired) electrons. The number of benzene rings is 2. The third-order valence-corrected chi connectivity index (χ3v) is 3.00. The molecule has 2 amide bonds. The summed E-state index contributed by atoms with van der Waals surface area (Å²) in [6.45, 7) is 4.62. The van der Waals surface area contributed by atoms with E-state index < -0.39 is 0 Å². The van der Waals surface area contributed by atoms with E-state index >= 15 is 0 Å². The summed E-state index contributed by atoms with van der Waals surface area (Å²) >= 11 is 0. The molecule has 0 unspecified atom stereocenters. The zero-order chi connectivity index (χ0) is 15.6. The van der Waals surface area contributed by atoms with Crippen molar-refractivity contribution in [2.24, 2.45) is 0 Å². The number of amides is 2. The van der Waals surface area contributed by atoms with Gasteiger partial charge in [-0.15, -0.1) is 0 Å². The predicted molar refractivity (Wildman–Crippen MR) is 89.3 cm³/mol. The van der Waals surface area contributed by atoms with E-state index in [1.165, 1.54) is 5.56 Å². The Hall–Kier alpha value is -2.75. The highest BCUT2D eigenvalue weighted by molar-refractivity contribution is 5.89. The van der Waals surface area contributed by atoms with Crippen LogP contribution in [0.4, 0.5) is 10.5 Å². The number of ether oxygens (including phenoxy) is 1. The highest BCUT2D eigenvalue weighted by Gasteiger charge is 2.02. The Balaban J connectivity index is 1.78. The van der Waals surface area contributed by atoms with E-state index in [2.05, 4.69) is 17.2 Å². The van der Waals surface area contributed by atoms with E-state index in [-0.39, 0.29) is 6.03 Å². The molecular formula is C18H20N2O2. The molecule has 0 aromatic heterocycles. The van der Waals surface area contributed by atoms with Crippen LogP contribution in [0.3, 0.4) is 0 Å². The average Bonchev–Trinajstić information content (AvgIpc) is 2.54. The number of carbonyl (C=O) groups is 1. The van der Waals surface area contributed by atoms with Gasteiger partial charge in [-0.05, 0) is 24.1 Å². The molecule has 0 saturated heterocycles. The molecule has 0 heterocycles. The Morgan fingerprint density at radius 1 is 1.14 bits per heavy atom. The number of carbonyl (C=O) groups excluding carboxylic acids is 1. The fourth-order valence-corrected chi connectivity index (χ4v) is 1.96. The quantitative estimate of drug-likeness (QED) is 0.767. The minimum Gasteiger partial charge on any atom is -0.489 e. The minimum absolute atomic E-state index is 0.225. The third kappa shape index (κ3) is 5.32. The van der Waals surface area contributed by atoms with E-state index in [1.807, 2.05) is 48.5 Å². The molecule has 0 bridgehead atoms. The molecule has 22 heavy (non-hydrogen) atoms. The van der Waals surface area contributed by atoms with Gasteiger partial charge in [0.2, 0.25) is 0 Å². The monoisotopic (exact) mass is 296 g/mol. The van der Waals surface area contributed by atoms with Crippen LogP contribution in [0.25, 0.3) is 0 Å². The lowest BCUT2D eigenvalue weighted by Gasteiger charge is -2.09. The first-order chi connectivity index (χ1) is 10.8. The molecule has 0 aliphatic heterocycles. The second-order valence-electron chi connectivity index (χ2n) is 4.74. The van der Waals surface area contributed by atoms with Gasteiger partial charge in [-0.2, -0.15) is 0 Å². The van der Waals surface area contributed by atoms with Crippen molar-refractivity contribution in [1.82, 2.24) is 5.32 Å². The van der Waals surface area contributed by atoms with E-state index in [4.69, 9.17) is 4.74 Å². The lowest BCUT2D eigenvalue weighted by Crippen LogP contribution is -2.30. The number of nitrogens with one attached hydrogen (secondary N) is 2. The van der Waals surface area contributed by atoms with Crippen LogP contribution < -0.4 is 15.4 Å². The summed E-state index contributed by atoms with van der Waals surface area (Å²) < 4.78 is 5.43. The molecule has 0 atom stereocenters. The molecule has 0 aliphatic carbocycles. The van der Waals surface area contributed by atoms with Crippen molar-refractivity contribution < 1.29 is 9.53 Å². The zero-order valence-electron chi connectivity index (χ0n) is 12.4. The maximum Gasteiger partial charge on any atom is 0.319 e. The van der Waals surface area contributed by atoms with Crippen molar-refractivity contribution in [3.8, 4) is 5.75 Å². The van der Waals surface area contributed by atoms with Crippen molar-refractivity contribution in [2.45, 2.75) is 6.42 Å². The van der Waals surface area contributed by atoms with Gasteiger partial charge >= 0.3 is 6.03 Å². The molecule has 0 fully saturated rings. The summed E-state index contributed by atoms with van der Waals surface area (Å²) in [6, 6.07) is 17.1. The molecule has 0 spiro atoms. The molecule has 2 aromatic carbocycles. The third-order valence-electron chi connectivity index (χ3n) is 3.00. The lowest BCUT2D eigenvalue weighted by atomic mass is 10.1. The SMILES string of the molecule is C=CCOc1cccc(NC(=O)NCCc2ccccc2)c1. The molecule has 0 aliphatic rings. The first-order valence-corrected chi connectivity index (χ1v) is 7.20. The van der Waals surface area contributed by atoms with Gasteiger partial charge in [0, 0.05) is 18.3 Å². The van der Waals surface area contributed by atoms with Gasteiger partial charge in [0.05, 0.1) is 0 Å². The van der Waals surface area contributed by atoms with Crippen LogP contribution in [-0.2, 0) is 6.42 Å². The van der Waals surface area contributed by atoms with E-state index in [9.17, 15) is 4.79 Å². The number of urea groups is 1. The molecule has 2 rings (SSSR count). The molecule has 114 valence electrons. The Bertz CT molecular complexity index is 611. The zero-order valence-corrected chi connectivity index (χ0v) is 12.4. The highest BCUT2D eigenvalue weighted by atomic mass is 16.5. The normalized spacial score (nSPS) is 9.82. The van der Waals surface area contributed by atoms with Crippen LogP contribution in [0, 0.1) is 0 Å². The van der Waals surface area contributed by atoms with Crippen molar-refractivity contribution in [3.63, 3.8) is 0 Å². The van der Waals surface area contributed by atoms with Crippen molar-refractivity contribution in [2.75, 3.05) is 18.5 Å². The first kappa shape index (κ1) is 15.6. The predicted octanol–water partition coefficient (Wildman–Crippen LogP) is 3.62. The fraction of sp³-hybridized carbons (Fsp3) is 0.167.